The maximum Gasteiger partial charge on any atom is 0.123 e. The first-order valence-electron chi connectivity index (χ1n) is 7.38. The summed E-state index contributed by atoms with van der Waals surface area (Å²) in [5.74, 6) is 0.567. The van der Waals surface area contributed by atoms with Gasteiger partial charge in [0.15, 0.2) is 0 Å². The predicted molar refractivity (Wildman–Crippen MR) is 90.5 cm³/mol. The van der Waals surface area contributed by atoms with Crippen molar-refractivity contribution in [2.24, 2.45) is 0 Å². The molecule has 0 saturated carbocycles. The second-order valence-electron chi connectivity index (χ2n) is 5.17. The summed E-state index contributed by atoms with van der Waals surface area (Å²) >= 11 is 0. The standard InChI is InChI=1S/C20H17FNO/c1-23-20-13-11-19(12-14-20)22(15-16-5-3-2-4-6-16)18-9-7-17(21)8-10-18/h2-3,5-14H,15H2,1H3. The van der Waals surface area contributed by atoms with E-state index < -0.39 is 0 Å². The lowest BCUT2D eigenvalue weighted by Crippen LogP contribution is -2.16. The van der Waals surface area contributed by atoms with Gasteiger partial charge in [0.25, 0.3) is 0 Å². The molecular formula is C20H17FNO. The van der Waals surface area contributed by atoms with Gasteiger partial charge in [-0.1, -0.05) is 18.2 Å². The molecule has 0 saturated heterocycles. The minimum absolute atomic E-state index is 0.239. The fraction of sp³-hybridized carbons (Fsp3) is 0.100. The van der Waals surface area contributed by atoms with Gasteiger partial charge < -0.3 is 9.64 Å². The highest BCUT2D eigenvalue weighted by atomic mass is 19.1. The number of benzene rings is 3. The van der Waals surface area contributed by atoms with Crippen LogP contribution in [0.25, 0.3) is 0 Å². The van der Waals surface area contributed by atoms with Gasteiger partial charge in [0.05, 0.1) is 7.11 Å². The van der Waals surface area contributed by atoms with E-state index in [-0.39, 0.29) is 5.82 Å². The van der Waals surface area contributed by atoms with Crippen LogP contribution in [-0.2, 0) is 6.54 Å². The van der Waals surface area contributed by atoms with Crippen molar-refractivity contribution >= 4 is 11.4 Å². The van der Waals surface area contributed by atoms with Gasteiger partial charge in [-0.05, 0) is 66.2 Å². The van der Waals surface area contributed by atoms with Crippen LogP contribution in [0.3, 0.4) is 0 Å². The molecule has 0 atom stereocenters. The number of hydrogen-bond acceptors (Lipinski definition) is 2. The largest absolute Gasteiger partial charge is 0.497 e. The van der Waals surface area contributed by atoms with Gasteiger partial charge in [0.1, 0.15) is 11.6 Å². The van der Waals surface area contributed by atoms with Crippen LogP contribution in [0.5, 0.6) is 5.75 Å². The Bertz CT molecular complexity index is 739. The first kappa shape index (κ1) is 15.1. The van der Waals surface area contributed by atoms with Crippen LogP contribution >= 0.6 is 0 Å². The Hall–Kier alpha value is -2.81. The molecule has 0 aromatic heterocycles. The maximum absolute atomic E-state index is 13.2. The minimum Gasteiger partial charge on any atom is -0.497 e. The number of halogens is 1. The van der Waals surface area contributed by atoms with E-state index in [9.17, 15) is 4.39 Å². The Morgan fingerprint density at radius 3 is 2.17 bits per heavy atom. The molecule has 0 amide bonds. The van der Waals surface area contributed by atoms with E-state index in [0.29, 0.717) is 6.54 Å². The zero-order chi connectivity index (χ0) is 16.1. The molecule has 0 fully saturated rings. The van der Waals surface area contributed by atoms with Gasteiger partial charge in [0, 0.05) is 17.9 Å². The molecule has 23 heavy (non-hydrogen) atoms. The molecule has 1 radical (unpaired) electrons. The summed E-state index contributed by atoms with van der Waals surface area (Å²) in [6, 6.07) is 25.3. The topological polar surface area (TPSA) is 12.5 Å². The second-order valence-corrected chi connectivity index (χ2v) is 5.17. The van der Waals surface area contributed by atoms with Gasteiger partial charge in [-0.25, -0.2) is 4.39 Å². The zero-order valence-electron chi connectivity index (χ0n) is 12.9. The minimum atomic E-state index is -0.239. The van der Waals surface area contributed by atoms with E-state index in [1.165, 1.54) is 12.1 Å². The van der Waals surface area contributed by atoms with Crippen molar-refractivity contribution < 1.29 is 9.13 Å². The maximum atomic E-state index is 13.2. The van der Waals surface area contributed by atoms with Gasteiger partial charge in [-0.2, -0.15) is 0 Å². The molecule has 0 aliphatic carbocycles. The van der Waals surface area contributed by atoms with Crippen LogP contribution < -0.4 is 9.64 Å². The number of nitrogens with zero attached hydrogens (tertiary/aromatic N) is 1. The molecule has 3 aromatic rings. The van der Waals surface area contributed by atoms with E-state index >= 15 is 0 Å². The van der Waals surface area contributed by atoms with Crippen LogP contribution in [0.2, 0.25) is 0 Å². The molecule has 3 aromatic carbocycles. The van der Waals surface area contributed by atoms with E-state index in [0.717, 1.165) is 22.7 Å². The molecule has 0 bridgehead atoms. The molecule has 3 rings (SSSR count). The lowest BCUT2D eigenvalue weighted by Gasteiger charge is -2.25. The van der Waals surface area contributed by atoms with Crippen molar-refractivity contribution in [3.63, 3.8) is 0 Å². The summed E-state index contributed by atoms with van der Waals surface area (Å²) in [4.78, 5) is 2.13. The van der Waals surface area contributed by atoms with E-state index in [1.807, 2.05) is 42.5 Å². The van der Waals surface area contributed by atoms with Crippen molar-refractivity contribution in [2.75, 3.05) is 12.0 Å². The lowest BCUT2D eigenvalue weighted by atomic mass is 10.1. The Morgan fingerprint density at radius 1 is 0.957 bits per heavy atom. The zero-order valence-corrected chi connectivity index (χ0v) is 12.9. The van der Waals surface area contributed by atoms with Crippen LogP contribution in [0, 0.1) is 11.9 Å². The molecule has 0 heterocycles. The Kier molecular flexibility index (Phi) is 4.57. The van der Waals surface area contributed by atoms with Crippen molar-refractivity contribution in [1.82, 2.24) is 0 Å². The second kappa shape index (κ2) is 6.97. The number of ether oxygens (including phenoxy) is 1. The summed E-state index contributed by atoms with van der Waals surface area (Å²) in [6.07, 6.45) is 0. The van der Waals surface area contributed by atoms with E-state index in [2.05, 4.69) is 17.0 Å². The number of rotatable bonds is 5. The third kappa shape index (κ3) is 3.69. The van der Waals surface area contributed by atoms with Crippen molar-refractivity contribution in [3.05, 3.63) is 90.2 Å². The quantitative estimate of drug-likeness (QED) is 0.659. The molecule has 0 aliphatic heterocycles. The van der Waals surface area contributed by atoms with Gasteiger partial charge >= 0.3 is 0 Å². The SMILES string of the molecule is COc1ccc(N(Cc2c[c]ccc2)c2ccc(F)cc2)cc1. The number of hydrogen-bond donors (Lipinski definition) is 0. The molecule has 0 N–H and O–H groups in total. The normalized spacial score (nSPS) is 10.3. The first-order chi connectivity index (χ1) is 11.3. The third-order valence-corrected chi connectivity index (χ3v) is 3.63. The highest BCUT2D eigenvalue weighted by molar-refractivity contribution is 5.64. The van der Waals surface area contributed by atoms with Gasteiger partial charge in [-0.3, -0.25) is 0 Å². The summed E-state index contributed by atoms with van der Waals surface area (Å²) in [5.41, 5.74) is 3.08. The highest BCUT2D eigenvalue weighted by Crippen LogP contribution is 2.29. The Morgan fingerprint density at radius 2 is 1.61 bits per heavy atom. The molecule has 0 unspecified atom stereocenters. The third-order valence-electron chi connectivity index (χ3n) is 3.63. The fourth-order valence-electron chi connectivity index (χ4n) is 2.43. The summed E-state index contributed by atoms with van der Waals surface area (Å²) in [6.45, 7) is 0.676. The van der Waals surface area contributed by atoms with Crippen molar-refractivity contribution in [1.29, 1.82) is 0 Å². The fourth-order valence-corrected chi connectivity index (χ4v) is 2.43. The Labute approximate surface area is 135 Å². The van der Waals surface area contributed by atoms with Gasteiger partial charge in [-0.15, -0.1) is 0 Å². The Balaban J connectivity index is 1.96. The lowest BCUT2D eigenvalue weighted by molar-refractivity contribution is 0.415. The van der Waals surface area contributed by atoms with E-state index in [4.69, 9.17) is 4.74 Å². The van der Waals surface area contributed by atoms with Crippen LogP contribution in [-0.4, -0.2) is 7.11 Å². The summed E-state index contributed by atoms with van der Waals surface area (Å²) < 4.78 is 18.5. The average molecular weight is 306 g/mol. The average Bonchev–Trinajstić information content (AvgIpc) is 2.62. The van der Waals surface area contributed by atoms with Crippen LogP contribution in [0.15, 0.2) is 72.8 Å². The van der Waals surface area contributed by atoms with Crippen LogP contribution in [0.1, 0.15) is 5.56 Å². The highest BCUT2D eigenvalue weighted by Gasteiger charge is 2.10. The van der Waals surface area contributed by atoms with Crippen molar-refractivity contribution in [3.8, 4) is 5.75 Å². The van der Waals surface area contributed by atoms with Crippen molar-refractivity contribution in [2.45, 2.75) is 6.54 Å². The molecule has 115 valence electrons. The summed E-state index contributed by atoms with van der Waals surface area (Å²) in [5, 5.41) is 0. The first-order valence-corrected chi connectivity index (χ1v) is 7.38. The smallest absolute Gasteiger partial charge is 0.123 e. The monoisotopic (exact) mass is 306 g/mol. The molecule has 0 aliphatic rings. The number of anilines is 2. The summed E-state index contributed by atoms with van der Waals surface area (Å²) in [7, 11) is 1.65. The molecule has 2 nitrogen and oxygen atoms in total. The predicted octanol–water partition coefficient (Wildman–Crippen LogP) is 4.97. The molecule has 3 heteroatoms. The van der Waals surface area contributed by atoms with E-state index in [1.54, 1.807) is 19.2 Å². The van der Waals surface area contributed by atoms with Crippen LogP contribution in [0.4, 0.5) is 15.8 Å². The van der Waals surface area contributed by atoms with Gasteiger partial charge in [0.2, 0.25) is 0 Å². The number of methoxy groups -OCH3 is 1. The molecule has 0 spiro atoms. The molecular weight excluding hydrogens is 289 g/mol.